The molecule has 1 rings (SSSR count). The van der Waals surface area contributed by atoms with Gasteiger partial charge in [-0.25, -0.2) is 0 Å². The van der Waals surface area contributed by atoms with Crippen LogP contribution in [0.25, 0.3) is 0 Å². The summed E-state index contributed by atoms with van der Waals surface area (Å²) in [6.07, 6.45) is 6.28. The molecule has 0 aliphatic carbocycles. The molecule has 0 fully saturated rings. The van der Waals surface area contributed by atoms with Gasteiger partial charge in [-0.2, -0.15) is 0 Å². The Labute approximate surface area is 60.5 Å². The van der Waals surface area contributed by atoms with E-state index in [4.69, 9.17) is 10.5 Å². The van der Waals surface area contributed by atoms with Gasteiger partial charge in [0.2, 0.25) is 0 Å². The zero-order valence-corrected chi connectivity index (χ0v) is 5.92. The topological polar surface area (TPSA) is 47.3 Å². The van der Waals surface area contributed by atoms with Gasteiger partial charge in [0, 0.05) is 7.11 Å². The average molecular weight is 139 g/mol. The standard InChI is InChI=1S/C7H11N2O/c1-10-5-6-3-2-4-9-7(6)8/h2-4,9H,5,8H2,1H3. The van der Waals surface area contributed by atoms with Crippen molar-refractivity contribution in [1.82, 2.24) is 5.32 Å². The van der Waals surface area contributed by atoms with Gasteiger partial charge in [0.05, 0.1) is 6.61 Å². The van der Waals surface area contributed by atoms with Gasteiger partial charge < -0.3 is 15.8 Å². The summed E-state index contributed by atoms with van der Waals surface area (Å²) >= 11 is 0. The minimum absolute atomic E-state index is 0.559. The first-order chi connectivity index (χ1) is 4.84. The van der Waals surface area contributed by atoms with Crippen LogP contribution in [-0.2, 0) is 4.74 Å². The van der Waals surface area contributed by atoms with E-state index in [0.717, 1.165) is 5.57 Å². The highest BCUT2D eigenvalue weighted by Gasteiger charge is 2.09. The van der Waals surface area contributed by atoms with Crippen LogP contribution >= 0.6 is 0 Å². The third-order valence-electron chi connectivity index (χ3n) is 1.28. The van der Waals surface area contributed by atoms with Gasteiger partial charge in [0.1, 0.15) is 0 Å². The van der Waals surface area contributed by atoms with Crippen LogP contribution in [0.15, 0.2) is 23.9 Å². The summed E-state index contributed by atoms with van der Waals surface area (Å²) in [6, 6.07) is 0. The average Bonchev–Trinajstić information content (AvgIpc) is 1.94. The molecule has 0 bridgehead atoms. The lowest BCUT2D eigenvalue weighted by atomic mass is 10.2. The third-order valence-corrected chi connectivity index (χ3v) is 1.28. The van der Waals surface area contributed by atoms with Crippen LogP contribution in [-0.4, -0.2) is 13.7 Å². The van der Waals surface area contributed by atoms with Gasteiger partial charge in [-0.3, -0.25) is 0 Å². The first kappa shape index (κ1) is 7.31. The van der Waals surface area contributed by atoms with Crippen molar-refractivity contribution in [3.63, 3.8) is 0 Å². The summed E-state index contributed by atoms with van der Waals surface area (Å²) in [6.45, 7) is 0.559. The highest BCUT2D eigenvalue weighted by molar-refractivity contribution is 5.30. The van der Waals surface area contributed by atoms with Gasteiger partial charge >= 0.3 is 0 Å². The Hall–Kier alpha value is -0.800. The fraction of sp³-hybridized carbons (Fsp3) is 0.286. The Kier molecular flexibility index (Phi) is 2.48. The minimum atomic E-state index is 0.559. The molecule has 0 aromatic carbocycles. The quantitative estimate of drug-likeness (QED) is 0.571. The fourth-order valence-corrected chi connectivity index (χ4v) is 0.766. The summed E-state index contributed by atoms with van der Waals surface area (Å²) in [5.74, 6) is 0. The first-order valence-electron chi connectivity index (χ1n) is 3.08. The summed E-state index contributed by atoms with van der Waals surface area (Å²) in [5, 5.41) is 2.88. The second-order valence-electron chi connectivity index (χ2n) is 2.04. The van der Waals surface area contributed by atoms with Gasteiger partial charge in [-0.1, -0.05) is 6.08 Å². The maximum atomic E-state index is 5.57. The van der Waals surface area contributed by atoms with E-state index in [-0.39, 0.29) is 0 Å². The van der Waals surface area contributed by atoms with Crippen LogP contribution in [0.2, 0.25) is 0 Å². The molecule has 10 heavy (non-hydrogen) atoms. The lowest BCUT2D eigenvalue weighted by Gasteiger charge is -2.16. The maximum Gasteiger partial charge on any atom is 0.152 e. The lowest BCUT2D eigenvalue weighted by Crippen LogP contribution is -2.29. The second kappa shape index (κ2) is 3.39. The molecule has 0 aromatic heterocycles. The van der Waals surface area contributed by atoms with Crippen LogP contribution in [0.3, 0.4) is 0 Å². The zero-order valence-electron chi connectivity index (χ0n) is 5.92. The fourth-order valence-electron chi connectivity index (χ4n) is 0.766. The SMILES string of the molecule is COCC1=CC=CN[C]1N. The predicted octanol–water partition coefficient (Wildman–Crippen LogP) is 0.124. The molecule has 3 heteroatoms. The van der Waals surface area contributed by atoms with Crippen LogP contribution in [0.1, 0.15) is 0 Å². The van der Waals surface area contributed by atoms with Gasteiger partial charge in [-0.05, 0) is 17.8 Å². The van der Waals surface area contributed by atoms with Crippen LogP contribution in [0.4, 0.5) is 0 Å². The van der Waals surface area contributed by atoms with E-state index in [0.29, 0.717) is 12.8 Å². The molecule has 1 aliphatic heterocycles. The molecule has 1 heterocycles. The van der Waals surface area contributed by atoms with E-state index in [2.05, 4.69) is 5.32 Å². The molecule has 0 spiro atoms. The molecule has 0 amide bonds. The lowest BCUT2D eigenvalue weighted by molar-refractivity contribution is 0.224. The summed E-state index contributed by atoms with van der Waals surface area (Å²) < 4.78 is 4.91. The molecule has 0 saturated carbocycles. The number of nitrogens with two attached hydrogens (primary N) is 1. The molecule has 0 saturated heterocycles. The second-order valence-corrected chi connectivity index (χ2v) is 2.04. The summed E-state index contributed by atoms with van der Waals surface area (Å²) in [5.41, 5.74) is 6.56. The Bertz CT molecular complexity index is 163. The van der Waals surface area contributed by atoms with E-state index in [1.807, 2.05) is 12.2 Å². The molecule has 0 atom stereocenters. The Morgan fingerprint density at radius 2 is 2.50 bits per heavy atom. The van der Waals surface area contributed by atoms with Gasteiger partial charge in [0.25, 0.3) is 0 Å². The Morgan fingerprint density at radius 1 is 1.70 bits per heavy atom. The van der Waals surface area contributed by atoms with Crippen molar-refractivity contribution >= 4 is 0 Å². The van der Waals surface area contributed by atoms with Crippen molar-refractivity contribution in [2.45, 2.75) is 0 Å². The minimum Gasteiger partial charge on any atom is -0.380 e. The highest BCUT2D eigenvalue weighted by Crippen LogP contribution is 2.07. The van der Waals surface area contributed by atoms with Gasteiger partial charge in [0.15, 0.2) is 6.17 Å². The van der Waals surface area contributed by atoms with Crippen molar-refractivity contribution in [2.24, 2.45) is 5.73 Å². The van der Waals surface area contributed by atoms with E-state index in [1.54, 1.807) is 13.3 Å². The Balaban J connectivity index is 2.52. The number of ether oxygens (including phenoxy) is 1. The molecule has 0 unspecified atom stereocenters. The van der Waals surface area contributed by atoms with Crippen molar-refractivity contribution in [3.8, 4) is 0 Å². The number of hydrogen-bond acceptors (Lipinski definition) is 3. The third kappa shape index (κ3) is 1.59. The molecule has 55 valence electrons. The number of methoxy groups -OCH3 is 1. The number of allylic oxidation sites excluding steroid dienone is 2. The zero-order chi connectivity index (χ0) is 7.40. The summed E-state index contributed by atoms with van der Waals surface area (Å²) in [7, 11) is 1.65. The molecule has 3 nitrogen and oxygen atoms in total. The number of nitrogens with one attached hydrogen (secondary N) is 1. The van der Waals surface area contributed by atoms with Crippen LogP contribution < -0.4 is 11.1 Å². The van der Waals surface area contributed by atoms with Crippen molar-refractivity contribution in [2.75, 3.05) is 13.7 Å². The number of rotatable bonds is 2. The largest absolute Gasteiger partial charge is 0.380 e. The van der Waals surface area contributed by atoms with E-state index in [1.165, 1.54) is 0 Å². The number of dihydropyridines is 1. The molecule has 3 N–H and O–H groups in total. The molecular weight excluding hydrogens is 128 g/mol. The molecular formula is C7H11N2O. The van der Waals surface area contributed by atoms with Gasteiger partial charge in [-0.15, -0.1) is 0 Å². The normalized spacial score (nSPS) is 18.4. The van der Waals surface area contributed by atoms with E-state index >= 15 is 0 Å². The van der Waals surface area contributed by atoms with E-state index in [9.17, 15) is 0 Å². The molecule has 1 aliphatic rings. The maximum absolute atomic E-state index is 5.57. The first-order valence-corrected chi connectivity index (χ1v) is 3.08. The monoisotopic (exact) mass is 139 g/mol. The van der Waals surface area contributed by atoms with Crippen molar-refractivity contribution in [3.05, 3.63) is 30.1 Å². The van der Waals surface area contributed by atoms with Crippen LogP contribution in [0, 0.1) is 6.17 Å². The van der Waals surface area contributed by atoms with Crippen LogP contribution in [0.5, 0.6) is 0 Å². The smallest absolute Gasteiger partial charge is 0.152 e. The highest BCUT2D eigenvalue weighted by atomic mass is 16.5. The summed E-state index contributed by atoms with van der Waals surface area (Å²) in [4.78, 5) is 0. The predicted molar refractivity (Wildman–Crippen MR) is 39.7 cm³/mol. The Morgan fingerprint density at radius 3 is 3.10 bits per heavy atom. The molecule has 0 aromatic rings. The number of hydrogen-bond donors (Lipinski definition) is 2. The van der Waals surface area contributed by atoms with E-state index < -0.39 is 0 Å². The van der Waals surface area contributed by atoms with Crippen molar-refractivity contribution < 1.29 is 4.74 Å². The van der Waals surface area contributed by atoms with Crippen molar-refractivity contribution in [1.29, 1.82) is 0 Å². The molecule has 1 radical (unpaired) electrons.